The highest BCUT2D eigenvalue weighted by Gasteiger charge is 2.26. The number of methoxy groups -OCH3 is 1. The predicted octanol–water partition coefficient (Wildman–Crippen LogP) is 2.78. The van der Waals surface area contributed by atoms with Gasteiger partial charge in [0.05, 0.1) is 13.2 Å². The standard InChI is InChI=1S/C19H24N2O4S/c1-14(15-9-7-6-8-10-15)21(4)19(22)16-11-12-17(25-5)18(13-16)26(23,24)20(2)3/h6-14H,1-5H3/t14-/m1/s1. The van der Waals surface area contributed by atoms with Crippen molar-refractivity contribution in [3.05, 3.63) is 59.7 Å². The van der Waals surface area contributed by atoms with Gasteiger partial charge in [0.15, 0.2) is 0 Å². The lowest BCUT2D eigenvalue weighted by Gasteiger charge is -2.26. The lowest BCUT2D eigenvalue weighted by molar-refractivity contribution is 0.0742. The van der Waals surface area contributed by atoms with E-state index in [0.717, 1.165) is 9.87 Å². The average Bonchev–Trinajstić information content (AvgIpc) is 2.66. The first-order valence-electron chi connectivity index (χ1n) is 8.12. The number of nitrogens with zero attached hydrogens (tertiary/aromatic N) is 2. The Morgan fingerprint density at radius 1 is 1.04 bits per heavy atom. The molecule has 140 valence electrons. The van der Waals surface area contributed by atoms with Crippen molar-refractivity contribution >= 4 is 15.9 Å². The average molecular weight is 376 g/mol. The van der Waals surface area contributed by atoms with E-state index in [1.807, 2.05) is 37.3 Å². The monoisotopic (exact) mass is 376 g/mol. The van der Waals surface area contributed by atoms with Crippen molar-refractivity contribution in [2.75, 3.05) is 28.3 Å². The second-order valence-electron chi connectivity index (χ2n) is 6.16. The Hall–Kier alpha value is -2.38. The van der Waals surface area contributed by atoms with Crippen LogP contribution in [0.1, 0.15) is 28.9 Å². The van der Waals surface area contributed by atoms with Crippen LogP contribution in [0.5, 0.6) is 5.75 Å². The first kappa shape index (κ1) is 19.9. The zero-order valence-electron chi connectivity index (χ0n) is 15.6. The summed E-state index contributed by atoms with van der Waals surface area (Å²) in [7, 11) is 2.24. The molecule has 26 heavy (non-hydrogen) atoms. The summed E-state index contributed by atoms with van der Waals surface area (Å²) in [5.74, 6) is -0.0618. The van der Waals surface area contributed by atoms with Gasteiger partial charge in [-0.2, -0.15) is 0 Å². The molecule has 0 aromatic heterocycles. The van der Waals surface area contributed by atoms with Crippen molar-refractivity contribution < 1.29 is 17.9 Å². The molecule has 1 atom stereocenters. The van der Waals surface area contributed by atoms with Crippen molar-refractivity contribution in [3.8, 4) is 5.75 Å². The molecule has 0 fully saturated rings. The number of amides is 1. The summed E-state index contributed by atoms with van der Waals surface area (Å²) in [6, 6.07) is 13.9. The zero-order valence-corrected chi connectivity index (χ0v) is 16.4. The summed E-state index contributed by atoms with van der Waals surface area (Å²) in [4.78, 5) is 14.4. The Bertz CT molecular complexity index is 880. The minimum absolute atomic E-state index is 0.0309. The fraction of sp³-hybridized carbons (Fsp3) is 0.316. The van der Waals surface area contributed by atoms with Crippen molar-refractivity contribution in [1.29, 1.82) is 0 Å². The van der Waals surface area contributed by atoms with E-state index in [1.165, 1.54) is 33.3 Å². The molecule has 6 nitrogen and oxygen atoms in total. The molecule has 0 saturated carbocycles. The van der Waals surface area contributed by atoms with Gasteiger partial charge in [-0.25, -0.2) is 12.7 Å². The molecule has 0 aliphatic rings. The highest BCUT2D eigenvalue weighted by Crippen LogP contribution is 2.28. The van der Waals surface area contributed by atoms with Gasteiger partial charge in [0.1, 0.15) is 10.6 Å². The predicted molar refractivity (Wildman–Crippen MR) is 101 cm³/mol. The molecule has 0 spiro atoms. The fourth-order valence-corrected chi connectivity index (χ4v) is 3.62. The number of rotatable bonds is 6. The van der Waals surface area contributed by atoms with E-state index in [4.69, 9.17) is 4.74 Å². The third-order valence-corrected chi connectivity index (χ3v) is 6.19. The van der Waals surface area contributed by atoms with Gasteiger partial charge >= 0.3 is 0 Å². The van der Waals surface area contributed by atoms with E-state index in [9.17, 15) is 13.2 Å². The van der Waals surface area contributed by atoms with Crippen molar-refractivity contribution in [2.24, 2.45) is 0 Å². The SMILES string of the molecule is COc1ccc(C(=O)N(C)[C@H](C)c2ccccc2)cc1S(=O)(=O)N(C)C. The molecule has 1 amide bonds. The van der Waals surface area contributed by atoms with Crippen LogP contribution in [0.4, 0.5) is 0 Å². The summed E-state index contributed by atoms with van der Waals surface area (Å²) >= 11 is 0. The molecular weight excluding hydrogens is 352 g/mol. The van der Waals surface area contributed by atoms with E-state index in [1.54, 1.807) is 18.0 Å². The zero-order chi connectivity index (χ0) is 19.5. The first-order chi connectivity index (χ1) is 12.2. The highest BCUT2D eigenvalue weighted by atomic mass is 32.2. The number of carbonyl (C=O) groups is 1. The topological polar surface area (TPSA) is 66.9 Å². The van der Waals surface area contributed by atoms with Gasteiger partial charge in [0.25, 0.3) is 5.91 Å². The molecule has 0 aliphatic heterocycles. The molecule has 0 N–H and O–H groups in total. The molecule has 2 aromatic carbocycles. The molecule has 0 aliphatic carbocycles. The Morgan fingerprint density at radius 3 is 2.19 bits per heavy atom. The first-order valence-corrected chi connectivity index (χ1v) is 9.56. The number of ether oxygens (including phenoxy) is 1. The fourth-order valence-electron chi connectivity index (χ4n) is 2.54. The third-order valence-electron chi connectivity index (χ3n) is 4.35. The normalized spacial score (nSPS) is 12.7. The molecule has 0 radical (unpaired) electrons. The van der Waals surface area contributed by atoms with Crippen molar-refractivity contribution in [2.45, 2.75) is 17.9 Å². The van der Waals surface area contributed by atoms with Gasteiger partial charge in [-0.05, 0) is 30.7 Å². The maximum atomic E-state index is 12.9. The minimum Gasteiger partial charge on any atom is -0.495 e. The lowest BCUT2D eigenvalue weighted by Crippen LogP contribution is -2.30. The summed E-state index contributed by atoms with van der Waals surface area (Å²) < 4.78 is 31.3. The quantitative estimate of drug-likeness (QED) is 0.777. The Morgan fingerprint density at radius 2 is 1.65 bits per heavy atom. The van der Waals surface area contributed by atoms with Crippen LogP contribution in [0.3, 0.4) is 0 Å². The lowest BCUT2D eigenvalue weighted by atomic mass is 10.1. The summed E-state index contributed by atoms with van der Waals surface area (Å²) in [5, 5.41) is 0. The molecule has 2 rings (SSSR count). The summed E-state index contributed by atoms with van der Waals surface area (Å²) in [6.45, 7) is 1.92. The van der Waals surface area contributed by atoms with Gasteiger partial charge in [-0.1, -0.05) is 30.3 Å². The van der Waals surface area contributed by atoms with Crippen LogP contribution in [0.25, 0.3) is 0 Å². The third kappa shape index (κ3) is 3.89. The van der Waals surface area contributed by atoms with Crippen molar-refractivity contribution in [1.82, 2.24) is 9.21 Å². The molecule has 7 heteroatoms. The van der Waals surface area contributed by atoms with Gasteiger partial charge in [0, 0.05) is 26.7 Å². The van der Waals surface area contributed by atoms with Crippen molar-refractivity contribution in [3.63, 3.8) is 0 Å². The number of hydrogen-bond donors (Lipinski definition) is 0. The number of carbonyl (C=O) groups excluding carboxylic acids is 1. The highest BCUT2D eigenvalue weighted by molar-refractivity contribution is 7.89. The second-order valence-corrected chi connectivity index (χ2v) is 8.28. The van der Waals surface area contributed by atoms with Gasteiger partial charge < -0.3 is 9.64 Å². The van der Waals surface area contributed by atoms with Crippen LogP contribution in [-0.2, 0) is 10.0 Å². The van der Waals surface area contributed by atoms with E-state index in [2.05, 4.69) is 0 Å². The Kier molecular flexibility index (Phi) is 6.05. The smallest absolute Gasteiger partial charge is 0.254 e. The van der Waals surface area contributed by atoms with Crippen LogP contribution in [0.15, 0.2) is 53.4 Å². The number of hydrogen-bond acceptors (Lipinski definition) is 4. The largest absolute Gasteiger partial charge is 0.495 e. The summed E-state index contributed by atoms with van der Waals surface area (Å²) in [6.07, 6.45) is 0. The van der Waals surface area contributed by atoms with Gasteiger partial charge in [0.2, 0.25) is 10.0 Å². The number of sulfonamides is 1. The summed E-state index contributed by atoms with van der Waals surface area (Å²) in [5.41, 5.74) is 1.29. The van der Waals surface area contributed by atoms with Crippen LogP contribution in [-0.4, -0.2) is 51.8 Å². The molecule has 0 bridgehead atoms. The van der Waals surface area contributed by atoms with Crippen LogP contribution >= 0.6 is 0 Å². The molecule has 0 heterocycles. The Balaban J connectivity index is 2.41. The van der Waals surface area contributed by atoms with Crippen LogP contribution in [0.2, 0.25) is 0 Å². The Labute approximate surface area is 155 Å². The molecule has 2 aromatic rings. The van der Waals surface area contributed by atoms with E-state index in [0.29, 0.717) is 0 Å². The van der Waals surface area contributed by atoms with E-state index in [-0.39, 0.29) is 28.2 Å². The molecular formula is C19H24N2O4S. The maximum absolute atomic E-state index is 12.9. The maximum Gasteiger partial charge on any atom is 0.254 e. The molecule has 0 unspecified atom stereocenters. The van der Waals surface area contributed by atoms with Gasteiger partial charge in [-0.15, -0.1) is 0 Å². The minimum atomic E-state index is -3.74. The van der Waals surface area contributed by atoms with Gasteiger partial charge in [-0.3, -0.25) is 4.79 Å². The van der Waals surface area contributed by atoms with E-state index >= 15 is 0 Å². The van der Waals surface area contributed by atoms with Crippen LogP contribution < -0.4 is 4.74 Å². The van der Waals surface area contributed by atoms with E-state index < -0.39 is 10.0 Å². The second kappa shape index (κ2) is 7.88. The number of benzene rings is 2. The van der Waals surface area contributed by atoms with Crippen LogP contribution in [0, 0.1) is 0 Å². The molecule has 0 saturated heterocycles.